The number of aryl methyl sites for hydroxylation is 1. The van der Waals surface area contributed by atoms with Gasteiger partial charge in [0.15, 0.2) is 5.65 Å². The summed E-state index contributed by atoms with van der Waals surface area (Å²) in [6.45, 7) is 1.87. The zero-order chi connectivity index (χ0) is 7.84. The summed E-state index contributed by atoms with van der Waals surface area (Å²) in [7, 11) is 0. The van der Waals surface area contributed by atoms with Crippen molar-refractivity contribution in [1.29, 1.82) is 0 Å². The lowest BCUT2D eigenvalue weighted by atomic mass is 10.4. The minimum atomic E-state index is 0.373. The molecule has 0 spiro atoms. The van der Waals surface area contributed by atoms with Gasteiger partial charge in [0, 0.05) is 11.8 Å². The zero-order valence-electron chi connectivity index (χ0n) is 6.02. The van der Waals surface area contributed by atoms with Crippen molar-refractivity contribution in [1.82, 2.24) is 19.6 Å². The van der Waals surface area contributed by atoms with Crippen molar-refractivity contribution in [2.75, 3.05) is 5.73 Å². The molecular formula is C6H7N5. The second kappa shape index (κ2) is 1.91. The molecular weight excluding hydrogens is 142 g/mol. The average molecular weight is 149 g/mol. The van der Waals surface area contributed by atoms with Crippen LogP contribution in [0.15, 0.2) is 12.4 Å². The largest absolute Gasteiger partial charge is 0.368 e. The van der Waals surface area contributed by atoms with Crippen molar-refractivity contribution < 1.29 is 0 Å². The predicted molar refractivity (Wildman–Crippen MR) is 39.9 cm³/mol. The molecule has 0 aliphatic carbocycles. The molecule has 0 fully saturated rings. The van der Waals surface area contributed by atoms with Crippen LogP contribution in [0, 0.1) is 6.92 Å². The third kappa shape index (κ3) is 0.813. The Labute approximate surface area is 62.9 Å². The smallest absolute Gasteiger partial charge is 0.223 e. The van der Waals surface area contributed by atoms with Gasteiger partial charge in [0.1, 0.15) is 6.33 Å². The highest BCUT2D eigenvalue weighted by Gasteiger charge is 1.99. The van der Waals surface area contributed by atoms with Crippen molar-refractivity contribution in [2.45, 2.75) is 6.92 Å². The second-order valence-corrected chi connectivity index (χ2v) is 2.29. The van der Waals surface area contributed by atoms with Crippen LogP contribution in [0.25, 0.3) is 5.65 Å². The Hall–Kier alpha value is -1.65. The maximum absolute atomic E-state index is 5.55. The van der Waals surface area contributed by atoms with Gasteiger partial charge in [-0.1, -0.05) is 0 Å². The number of nitrogen functional groups attached to an aromatic ring is 1. The SMILES string of the molecule is Cc1cc2ncnn2c(N)n1. The molecule has 0 aliphatic heterocycles. The fourth-order valence-electron chi connectivity index (χ4n) is 0.973. The highest BCUT2D eigenvalue weighted by molar-refractivity contribution is 5.42. The summed E-state index contributed by atoms with van der Waals surface area (Å²) in [5, 5.41) is 3.88. The molecule has 0 aromatic carbocycles. The van der Waals surface area contributed by atoms with Gasteiger partial charge in [0.2, 0.25) is 5.95 Å². The van der Waals surface area contributed by atoms with E-state index in [4.69, 9.17) is 5.73 Å². The molecule has 2 rings (SSSR count). The minimum Gasteiger partial charge on any atom is -0.368 e. The molecule has 0 saturated heterocycles. The quantitative estimate of drug-likeness (QED) is 0.573. The molecule has 2 aromatic rings. The summed E-state index contributed by atoms with van der Waals surface area (Å²) >= 11 is 0. The first-order chi connectivity index (χ1) is 5.27. The van der Waals surface area contributed by atoms with E-state index in [-0.39, 0.29) is 0 Å². The van der Waals surface area contributed by atoms with Crippen molar-refractivity contribution >= 4 is 11.6 Å². The second-order valence-electron chi connectivity index (χ2n) is 2.29. The van der Waals surface area contributed by atoms with Crippen LogP contribution >= 0.6 is 0 Å². The third-order valence-electron chi connectivity index (χ3n) is 1.42. The average Bonchev–Trinajstić information content (AvgIpc) is 2.34. The van der Waals surface area contributed by atoms with Crippen molar-refractivity contribution in [3.8, 4) is 0 Å². The number of anilines is 1. The molecule has 5 nitrogen and oxygen atoms in total. The molecule has 0 bridgehead atoms. The third-order valence-corrected chi connectivity index (χ3v) is 1.42. The predicted octanol–water partition coefficient (Wildman–Crippen LogP) is 0.0149. The Morgan fingerprint density at radius 1 is 1.55 bits per heavy atom. The van der Waals surface area contributed by atoms with Gasteiger partial charge < -0.3 is 5.73 Å². The maximum atomic E-state index is 5.55. The number of aromatic nitrogens is 4. The molecule has 56 valence electrons. The van der Waals surface area contributed by atoms with Gasteiger partial charge in [-0.05, 0) is 6.92 Å². The van der Waals surface area contributed by atoms with Crippen LogP contribution in [0.3, 0.4) is 0 Å². The topological polar surface area (TPSA) is 69.1 Å². The van der Waals surface area contributed by atoms with Crippen LogP contribution in [-0.4, -0.2) is 19.6 Å². The molecule has 0 unspecified atom stereocenters. The number of rotatable bonds is 0. The molecule has 0 saturated carbocycles. The number of hydrogen-bond acceptors (Lipinski definition) is 4. The van der Waals surface area contributed by atoms with E-state index in [0.29, 0.717) is 5.95 Å². The maximum Gasteiger partial charge on any atom is 0.223 e. The van der Waals surface area contributed by atoms with Crippen LogP contribution < -0.4 is 5.73 Å². The Morgan fingerprint density at radius 2 is 2.36 bits per heavy atom. The van der Waals surface area contributed by atoms with E-state index in [2.05, 4.69) is 15.1 Å². The fourth-order valence-corrected chi connectivity index (χ4v) is 0.973. The van der Waals surface area contributed by atoms with Crippen LogP contribution in [0.4, 0.5) is 5.95 Å². The molecule has 0 radical (unpaired) electrons. The molecule has 0 amide bonds. The molecule has 2 aromatic heterocycles. The standard InChI is InChI=1S/C6H7N5/c1-4-2-5-8-3-9-11(5)6(7)10-4/h2-3H,1H3,(H2,7,10). The molecule has 5 heteroatoms. The van der Waals surface area contributed by atoms with Gasteiger partial charge in [-0.15, -0.1) is 0 Å². The van der Waals surface area contributed by atoms with Gasteiger partial charge in [-0.2, -0.15) is 9.61 Å². The highest BCUT2D eigenvalue weighted by Crippen LogP contribution is 2.03. The van der Waals surface area contributed by atoms with E-state index in [1.54, 1.807) is 0 Å². The Morgan fingerprint density at radius 3 is 3.18 bits per heavy atom. The van der Waals surface area contributed by atoms with Crippen LogP contribution in [0.1, 0.15) is 5.69 Å². The summed E-state index contributed by atoms with van der Waals surface area (Å²) in [5.74, 6) is 0.373. The van der Waals surface area contributed by atoms with E-state index in [0.717, 1.165) is 11.3 Å². The molecule has 0 atom stereocenters. The lowest BCUT2D eigenvalue weighted by Crippen LogP contribution is -2.02. The van der Waals surface area contributed by atoms with Crippen molar-refractivity contribution in [3.05, 3.63) is 18.1 Å². The van der Waals surface area contributed by atoms with Crippen molar-refractivity contribution in [3.63, 3.8) is 0 Å². The summed E-state index contributed by atoms with van der Waals surface area (Å²) in [5.41, 5.74) is 7.13. The van der Waals surface area contributed by atoms with Crippen molar-refractivity contribution in [2.24, 2.45) is 0 Å². The summed E-state index contributed by atoms with van der Waals surface area (Å²) in [6.07, 6.45) is 1.45. The fraction of sp³-hybridized carbons (Fsp3) is 0.167. The number of hydrogen-bond donors (Lipinski definition) is 1. The van der Waals surface area contributed by atoms with Gasteiger partial charge in [-0.25, -0.2) is 9.97 Å². The molecule has 0 aliphatic rings. The molecule has 2 heterocycles. The Balaban J connectivity index is 2.91. The summed E-state index contributed by atoms with van der Waals surface area (Å²) in [6, 6.07) is 1.82. The first-order valence-corrected chi connectivity index (χ1v) is 3.20. The summed E-state index contributed by atoms with van der Waals surface area (Å²) < 4.78 is 1.49. The van der Waals surface area contributed by atoms with E-state index < -0.39 is 0 Å². The summed E-state index contributed by atoms with van der Waals surface area (Å²) in [4.78, 5) is 7.98. The number of nitrogens with two attached hydrogens (primary N) is 1. The van der Waals surface area contributed by atoms with Gasteiger partial charge in [0.25, 0.3) is 0 Å². The zero-order valence-corrected chi connectivity index (χ0v) is 6.02. The Kier molecular flexibility index (Phi) is 1.06. The molecule has 2 N–H and O–H groups in total. The van der Waals surface area contributed by atoms with E-state index in [1.807, 2.05) is 13.0 Å². The van der Waals surface area contributed by atoms with Crippen LogP contribution in [0.5, 0.6) is 0 Å². The van der Waals surface area contributed by atoms with E-state index in [1.165, 1.54) is 10.8 Å². The highest BCUT2D eigenvalue weighted by atomic mass is 15.3. The lowest BCUT2D eigenvalue weighted by molar-refractivity contribution is 0.928. The molecule has 11 heavy (non-hydrogen) atoms. The monoisotopic (exact) mass is 149 g/mol. The minimum absolute atomic E-state index is 0.373. The van der Waals surface area contributed by atoms with Gasteiger partial charge >= 0.3 is 0 Å². The Bertz CT molecular complexity index is 391. The first kappa shape index (κ1) is 6.09. The lowest BCUT2D eigenvalue weighted by Gasteiger charge is -1.96. The first-order valence-electron chi connectivity index (χ1n) is 3.20. The number of nitrogens with zero attached hydrogens (tertiary/aromatic N) is 4. The van der Waals surface area contributed by atoms with Gasteiger partial charge in [-0.3, -0.25) is 0 Å². The normalized spacial score (nSPS) is 10.6. The van der Waals surface area contributed by atoms with Crippen LogP contribution in [-0.2, 0) is 0 Å². The van der Waals surface area contributed by atoms with E-state index in [9.17, 15) is 0 Å². The van der Waals surface area contributed by atoms with Gasteiger partial charge in [0.05, 0.1) is 0 Å². The van der Waals surface area contributed by atoms with Crippen LogP contribution in [0.2, 0.25) is 0 Å². The van der Waals surface area contributed by atoms with E-state index >= 15 is 0 Å². The number of fused-ring (bicyclic) bond motifs is 1.